The van der Waals surface area contributed by atoms with E-state index in [-0.39, 0.29) is 5.15 Å². The van der Waals surface area contributed by atoms with Crippen molar-refractivity contribution in [2.75, 3.05) is 12.4 Å². The molecule has 18 heavy (non-hydrogen) atoms. The third-order valence-electron chi connectivity index (χ3n) is 2.24. The van der Waals surface area contributed by atoms with Crippen molar-refractivity contribution in [3.05, 3.63) is 41.3 Å². The number of nitrogens with one attached hydrogen (secondary N) is 1. The standard InChI is InChI=1S/C12H9ClN4O/c1-18-10-11(13)15-7-16-12(10)17-9-4-2-8(6-14)3-5-9/h2-5,7H,1H3,(H,15,16,17). The summed E-state index contributed by atoms with van der Waals surface area (Å²) in [5.74, 6) is 0.853. The lowest BCUT2D eigenvalue weighted by atomic mass is 10.2. The molecule has 0 bridgehead atoms. The summed E-state index contributed by atoms with van der Waals surface area (Å²) in [6.45, 7) is 0. The minimum atomic E-state index is 0.239. The fourth-order valence-corrected chi connectivity index (χ4v) is 1.60. The van der Waals surface area contributed by atoms with E-state index in [4.69, 9.17) is 21.6 Å². The molecule has 0 amide bonds. The van der Waals surface area contributed by atoms with E-state index in [2.05, 4.69) is 21.4 Å². The van der Waals surface area contributed by atoms with Gasteiger partial charge in [0.1, 0.15) is 6.33 Å². The molecule has 90 valence electrons. The van der Waals surface area contributed by atoms with Crippen molar-refractivity contribution in [1.82, 2.24) is 9.97 Å². The minimum Gasteiger partial charge on any atom is -0.490 e. The van der Waals surface area contributed by atoms with Gasteiger partial charge in [0.15, 0.2) is 16.7 Å². The Morgan fingerprint density at radius 1 is 1.28 bits per heavy atom. The molecule has 0 saturated heterocycles. The highest BCUT2D eigenvalue weighted by Crippen LogP contribution is 2.30. The average Bonchev–Trinajstić information content (AvgIpc) is 2.40. The lowest BCUT2D eigenvalue weighted by Crippen LogP contribution is -1.99. The van der Waals surface area contributed by atoms with Crippen LogP contribution in [0.2, 0.25) is 5.15 Å². The molecule has 0 aliphatic rings. The van der Waals surface area contributed by atoms with Crippen LogP contribution in [0.1, 0.15) is 5.56 Å². The Hall–Kier alpha value is -2.32. The first-order valence-electron chi connectivity index (χ1n) is 5.06. The number of benzene rings is 1. The molecular weight excluding hydrogens is 252 g/mol. The van der Waals surface area contributed by atoms with Gasteiger partial charge in [-0.3, -0.25) is 0 Å². The van der Waals surface area contributed by atoms with Gasteiger partial charge in [-0.1, -0.05) is 11.6 Å². The zero-order chi connectivity index (χ0) is 13.0. The molecule has 2 rings (SSSR count). The second-order valence-electron chi connectivity index (χ2n) is 3.36. The molecule has 1 aromatic carbocycles. The molecule has 0 radical (unpaired) electrons. The van der Waals surface area contributed by atoms with E-state index in [9.17, 15) is 0 Å². The smallest absolute Gasteiger partial charge is 0.199 e. The number of anilines is 2. The Morgan fingerprint density at radius 2 is 2.00 bits per heavy atom. The molecule has 6 heteroatoms. The van der Waals surface area contributed by atoms with Crippen LogP contribution in [-0.4, -0.2) is 17.1 Å². The third-order valence-corrected chi connectivity index (χ3v) is 2.51. The van der Waals surface area contributed by atoms with Gasteiger partial charge in [-0.15, -0.1) is 0 Å². The molecule has 1 heterocycles. The molecule has 0 unspecified atom stereocenters. The topological polar surface area (TPSA) is 70.8 Å². The molecule has 1 N–H and O–H groups in total. The summed E-state index contributed by atoms with van der Waals surface area (Å²) in [5.41, 5.74) is 1.37. The predicted molar refractivity (Wildman–Crippen MR) is 68.0 cm³/mol. The SMILES string of the molecule is COc1c(Cl)ncnc1Nc1ccc(C#N)cc1. The van der Waals surface area contributed by atoms with Crippen molar-refractivity contribution in [3.8, 4) is 11.8 Å². The molecule has 0 aliphatic heterocycles. The Balaban J connectivity index is 2.28. The van der Waals surface area contributed by atoms with Crippen LogP contribution in [0.3, 0.4) is 0 Å². The zero-order valence-corrected chi connectivity index (χ0v) is 10.3. The first-order chi connectivity index (χ1) is 8.74. The maximum atomic E-state index is 8.71. The van der Waals surface area contributed by atoms with Crippen LogP contribution >= 0.6 is 11.6 Å². The number of methoxy groups -OCH3 is 1. The quantitative estimate of drug-likeness (QED) is 0.859. The summed E-state index contributed by atoms with van der Waals surface area (Å²) in [4.78, 5) is 7.88. The fourth-order valence-electron chi connectivity index (χ4n) is 1.39. The van der Waals surface area contributed by atoms with Gasteiger partial charge in [-0.2, -0.15) is 5.26 Å². The monoisotopic (exact) mass is 260 g/mol. The number of nitriles is 1. The van der Waals surface area contributed by atoms with Crippen molar-refractivity contribution >= 4 is 23.1 Å². The van der Waals surface area contributed by atoms with Crippen LogP contribution in [0.15, 0.2) is 30.6 Å². The molecule has 1 aromatic heterocycles. The summed E-state index contributed by atoms with van der Waals surface area (Å²) in [6.07, 6.45) is 1.34. The minimum absolute atomic E-state index is 0.239. The molecule has 0 aliphatic carbocycles. The van der Waals surface area contributed by atoms with E-state index in [0.717, 1.165) is 5.69 Å². The van der Waals surface area contributed by atoms with Gasteiger partial charge in [-0.25, -0.2) is 9.97 Å². The van der Waals surface area contributed by atoms with Crippen LogP contribution in [0.25, 0.3) is 0 Å². The summed E-state index contributed by atoms with van der Waals surface area (Å²) in [5, 5.41) is 12.0. The highest BCUT2D eigenvalue weighted by Gasteiger charge is 2.10. The summed E-state index contributed by atoms with van der Waals surface area (Å²) >= 11 is 5.88. The Bertz CT molecular complexity index is 592. The molecule has 0 atom stereocenters. The van der Waals surface area contributed by atoms with Crippen molar-refractivity contribution < 1.29 is 4.74 Å². The number of ether oxygens (including phenoxy) is 1. The summed E-state index contributed by atoms with van der Waals surface area (Å²) < 4.78 is 5.12. The van der Waals surface area contributed by atoms with E-state index >= 15 is 0 Å². The number of hydrogen-bond acceptors (Lipinski definition) is 5. The van der Waals surface area contributed by atoms with Crippen LogP contribution in [0, 0.1) is 11.3 Å². The van der Waals surface area contributed by atoms with Gasteiger partial charge < -0.3 is 10.1 Å². The van der Waals surface area contributed by atoms with E-state index < -0.39 is 0 Å². The lowest BCUT2D eigenvalue weighted by molar-refractivity contribution is 0.413. The van der Waals surface area contributed by atoms with Gasteiger partial charge in [0, 0.05) is 5.69 Å². The number of nitrogens with zero attached hydrogens (tertiary/aromatic N) is 3. The summed E-state index contributed by atoms with van der Waals surface area (Å²) in [7, 11) is 1.49. The van der Waals surface area contributed by atoms with Crippen molar-refractivity contribution in [2.45, 2.75) is 0 Å². The lowest BCUT2D eigenvalue weighted by Gasteiger charge is -2.10. The van der Waals surface area contributed by atoms with Crippen LogP contribution in [0.5, 0.6) is 5.75 Å². The largest absolute Gasteiger partial charge is 0.490 e. The molecule has 0 fully saturated rings. The molecular formula is C12H9ClN4O. The number of aromatic nitrogens is 2. The number of rotatable bonds is 3. The summed E-state index contributed by atoms with van der Waals surface area (Å²) in [6, 6.07) is 9.01. The third kappa shape index (κ3) is 2.50. The predicted octanol–water partition coefficient (Wildman–Crippen LogP) is 2.75. The molecule has 2 aromatic rings. The first-order valence-corrected chi connectivity index (χ1v) is 5.44. The molecule has 0 spiro atoms. The van der Waals surface area contributed by atoms with Crippen molar-refractivity contribution in [2.24, 2.45) is 0 Å². The zero-order valence-electron chi connectivity index (χ0n) is 9.51. The van der Waals surface area contributed by atoms with Crippen LogP contribution in [-0.2, 0) is 0 Å². The van der Waals surface area contributed by atoms with Gasteiger partial charge in [0.25, 0.3) is 0 Å². The maximum absolute atomic E-state index is 8.71. The first kappa shape index (κ1) is 12.1. The Kier molecular flexibility index (Phi) is 3.60. The maximum Gasteiger partial charge on any atom is 0.199 e. The Labute approximate surface area is 109 Å². The van der Waals surface area contributed by atoms with E-state index in [1.807, 2.05) is 0 Å². The van der Waals surface area contributed by atoms with Crippen molar-refractivity contribution in [1.29, 1.82) is 5.26 Å². The van der Waals surface area contributed by atoms with Crippen molar-refractivity contribution in [3.63, 3.8) is 0 Å². The average molecular weight is 261 g/mol. The number of hydrogen-bond donors (Lipinski definition) is 1. The van der Waals surface area contributed by atoms with Gasteiger partial charge >= 0.3 is 0 Å². The number of halogens is 1. The molecule has 5 nitrogen and oxygen atoms in total. The van der Waals surface area contributed by atoms with Crippen LogP contribution in [0.4, 0.5) is 11.5 Å². The Morgan fingerprint density at radius 3 is 2.61 bits per heavy atom. The fraction of sp³-hybridized carbons (Fsp3) is 0.0833. The van der Waals surface area contributed by atoms with Gasteiger partial charge in [-0.05, 0) is 24.3 Å². The highest BCUT2D eigenvalue weighted by molar-refractivity contribution is 6.31. The highest BCUT2D eigenvalue weighted by atomic mass is 35.5. The van der Waals surface area contributed by atoms with Crippen LogP contribution < -0.4 is 10.1 Å². The van der Waals surface area contributed by atoms with E-state index in [1.54, 1.807) is 24.3 Å². The molecule has 0 saturated carbocycles. The van der Waals surface area contributed by atoms with E-state index in [0.29, 0.717) is 17.1 Å². The van der Waals surface area contributed by atoms with Gasteiger partial charge in [0.2, 0.25) is 0 Å². The van der Waals surface area contributed by atoms with Gasteiger partial charge in [0.05, 0.1) is 18.7 Å². The second-order valence-corrected chi connectivity index (χ2v) is 3.72. The normalized spacial score (nSPS) is 9.61. The van der Waals surface area contributed by atoms with E-state index in [1.165, 1.54) is 13.4 Å². The second kappa shape index (κ2) is 5.34.